The molecule has 0 bridgehead atoms. The van der Waals surface area contributed by atoms with Crippen LogP contribution < -0.4 is 9.64 Å². The van der Waals surface area contributed by atoms with Gasteiger partial charge in [-0.3, -0.25) is 4.79 Å². The zero-order valence-corrected chi connectivity index (χ0v) is 13.6. The second-order valence-electron chi connectivity index (χ2n) is 5.78. The van der Waals surface area contributed by atoms with Crippen molar-refractivity contribution < 1.29 is 13.9 Å². The maximum atomic E-state index is 13.0. The molecular weight excluding hydrogens is 309 g/mol. The van der Waals surface area contributed by atoms with Gasteiger partial charge in [-0.2, -0.15) is 0 Å². The van der Waals surface area contributed by atoms with Crippen molar-refractivity contribution in [1.82, 2.24) is 9.97 Å². The van der Waals surface area contributed by atoms with E-state index in [9.17, 15) is 9.18 Å². The van der Waals surface area contributed by atoms with E-state index in [4.69, 9.17) is 4.74 Å². The van der Waals surface area contributed by atoms with Gasteiger partial charge >= 0.3 is 0 Å². The summed E-state index contributed by atoms with van der Waals surface area (Å²) in [5.74, 6) is 1.12. The van der Waals surface area contributed by atoms with Gasteiger partial charge < -0.3 is 9.64 Å². The summed E-state index contributed by atoms with van der Waals surface area (Å²) < 4.78 is 18.4. The summed E-state index contributed by atoms with van der Waals surface area (Å²) in [6, 6.07) is 7.61. The minimum atomic E-state index is -0.324. The zero-order chi connectivity index (χ0) is 16.9. The Bertz CT molecular complexity index is 698. The average Bonchev–Trinajstić information content (AvgIpc) is 2.62. The first-order chi connectivity index (χ1) is 11.7. The minimum Gasteiger partial charge on any atom is -0.478 e. The van der Waals surface area contributed by atoms with Gasteiger partial charge in [-0.05, 0) is 44.0 Å². The molecule has 0 radical (unpaired) electrons. The van der Waals surface area contributed by atoms with Crippen molar-refractivity contribution in [2.45, 2.75) is 19.8 Å². The van der Waals surface area contributed by atoms with Crippen LogP contribution in [0.15, 0.2) is 36.7 Å². The Morgan fingerprint density at radius 2 is 1.96 bits per heavy atom. The fourth-order valence-corrected chi connectivity index (χ4v) is 2.95. The van der Waals surface area contributed by atoms with E-state index in [0.717, 1.165) is 31.7 Å². The third-order valence-corrected chi connectivity index (χ3v) is 4.24. The molecule has 2 aromatic rings. The number of aromatic nitrogens is 2. The maximum absolute atomic E-state index is 13.0. The quantitative estimate of drug-likeness (QED) is 0.789. The normalized spacial score (nSPS) is 15.3. The minimum absolute atomic E-state index is 0.0279. The summed E-state index contributed by atoms with van der Waals surface area (Å²) in [5.41, 5.74) is 0.579. The average molecular weight is 329 g/mol. The van der Waals surface area contributed by atoms with E-state index < -0.39 is 0 Å². The van der Waals surface area contributed by atoms with Crippen molar-refractivity contribution >= 4 is 11.6 Å². The number of carbonyl (C=O) groups is 1. The summed E-state index contributed by atoms with van der Waals surface area (Å²) in [7, 11) is 0. The number of rotatable bonds is 5. The Labute approximate surface area is 140 Å². The van der Waals surface area contributed by atoms with Gasteiger partial charge in [-0.15, -0.1) is 0 Å². The second kappa shape index (κ2) is 7.38. The van der Waals surface area contributed by atoms with Crippen LogP contribution in [-0.4, -0.2) is 35.4 Å². The standard InChI is InChI=1S/C18H20FN3O2/c1-2-24-17-11-16(20-12-21-17)22-9-7-14(8-10-22)18(23)13-3-5-15(19)6-4-13/h3-6,11-12,14H,2,7-10H2,1H3. The van der Waals surface area contributed by atoms with Gasteiger partial charge in [0.25, 0.3) is 0 Å². The van der Waals surface area contributed by atoms with E-state index in [1.165, 1.54) is 18.5 Å². The second-order valence-corrected chi connectivity index (χ2v) is 5.78. The van der Waals surface area contributed by atoms with E-state index >= 15 is 0 Å². The number of ether oxygens (including phenoxy) is 1. The monoisotopic (exact) mass is 329 g/mol. The number of piperidine rings is 1. The fourth-order valence-electron chi connectivity index (χ4n) is 2.95. The molecule has 6 heteroatoms. The summed E-state index contributed by atoms with van der Waals surface area (Å²) in [4.78, 5) is 23.0. The molecule has 0 spiro atoms. The van der Waals surface area contributed by atoms with Gasteiger partial charge in [-0.25, -0.2) is 14.4 Å². The highest BCUT2D eigenvalue weighted by atomic mass is 19.1. The first-order valence-electron chi connectivity index (χ1n) is 8.17. The van der Waals surface area contributed by atoms with Gasteiger partial charge in [0.05, 0.1) is 6.61 Å². The van der Waals surface area contributed by atoms with Crippen molar-refractivity contribution in [2.24, 2.45) is 5.92 Å². The highest BCUT2D eigenvalue weighted by Crippen LogP contribution is 2.26. The Kier molecular flexibility index (Phi) is 5.03. The molecule has 0 amide bonds. The van der Waals surface area contributed by atoms with E-state index in [0.29, 0.717) is 18.1 Å². The van der Waals surface area contributed by atoms with Crippen molar-refractivity contribution in [3.63, 3.8) is 0 Å². The number of nitrogens with zero attached hydrogens (tertiary/aromatic N) is 3. The van der Waals surface area contributed by atoms with Crippen LogP contribution in [0.1, 0.15) is 30.1 Å². The highest BCUT2D eigenvalue weighted by Gasteiger charge is 2.26. The number of anilines is 1. The summed E-state index contributed by atoms with van der Waals surface area (Å²) in [6.45, 7) is 3.97. The summed E-state index contributed by atoms with van der Waals surface area (Å²) in [6.07, 6.45) is 3.00. The van der Waals surface area contributed by atoms with Crippen molar-refractivity contribution in [3.8, 4) is 5.88 Å². The number of carbonyl (C=O) groups excluding carboxylic acids is 1. The third kappa shape index (κ3) is 3.69. The number of benzene rings is 1. The summed E-state index contributed by atoms with van der Waals surface area (Å²) >= 11 is 0. The van der Waals surface area contributed by atoms with Crippen LogP contribution in [0.4, 0.5) is 10.2 Å². The van der Waals surface area contributed by atoms with Crippen molar-refractivity contribution in [3.05, 3.63) is 48.0 Å². The van der Waals surface area contributed by atoms with Crippen molar-refractivity contribution in [2.75, 3.05) is 24.6 Å². The lowest BCUT2D eigenvalue weighted by Crippen LogP contribution is -2.36. The predicted octanol–water partition coefficient (Wildman–Crippen LogP) is 3.11. The van der Waals surface area contributed by atoms with Crippen LogP contribution in [0, 0.1) is 11.7 Å². The predicted molar refractivity (Wildman–Crippen MR) is 88.9 cm³/mol. The molecule has 1 aliphatic rings. The van der Waals surface area contributed by atoms with Crippen LogP contribution in [0.25, 0.3) is 0 Å². The lowest BCUT2D eigenvalue weighted by molar-refractivity contribution is 0.0900. The number of hydrogen-bond donors (Lipinski definition) is 0. The largest absolute Gasteiger partial charge is 0.478 e. The first-order valence-corrected chi connectivity index (χ1v) is 8.17. The lowest BCUT2D eigenvalue weighted by Gasteiger charge is -2.32. The van der Waals surface area contributed by atoms with Gasteiger partial charge in [0, 0.05) is 30.6 Å². The van der Waals surface area contributed by atoms with E-state index in [-0.39, 0.29) is 17.5 Å². The Balaban J connectivity index is 1.62. The van der Waals surface area contributed by atoms with Crippen molar-refractivity contribution in [1.29, 1.82) is 0 Å². The fraction of sp³-hybridized carbons (Fsp3) is 0.389. The molecular formula is C18H20FN3O2. The van der Waals surface area contributed by atoms with E-state index in [1.807, 2.05) is 13.0 Å². The van der Waals surface area contributed by atoms with Gasteiger partial charge in [0.15, 0.2) is 5.78 Å². The molecule has 1 fully saturated rings. The SMILES string of the molecule is CCOc1cc(N2CCC(C(=O)c3ccc(F)cc3)CC2)ncn1. The Morgan fingerprint density at radius 3 is 2.62 bits per heavy atom. The molecule has 0 saturated carbocycles. The molecule has 1 saturated heterocycles. The molecule has 0 aliphatic carbocycles. The number of Topliss-reactive ketones (excluding diaryl/α,β-unsaturated/α-hetero) is 1. The van der Waals surface area contributed by atoms with E-state index in [2.05, 4.69) is 14.9 Å². The van der Waals surface area contributed by atoms with Crippen LogP contribution in [-0.2, 0) is 0 Å². The summed E-state index contributed by atoms with van der Waals surface area (Å²) in [5, 5.41) is 0. The molecule has 1 aromatic carbocycles. The van der Waals surface area contributed by atoms with Crippen LogP contribution in [0.3, 0.4) is 0 Å². The Hall–Kier alpha value is -2.50. The highest BCUT2D eigenvalue weighted by molar-refractivity contribution is 5.97. The molecule has 3 rings (SSSR count). The van der Waals surface area contributed by atoms with Gasteiger partial charge in [0.1, 0.15) is 18.0 Å². The molecule has 0 N–H and O–H groups in total. The molecule has 0 unspecified atom stereocenters. The molecule has 5 nitrogen and oxygen atoms in total. The van der Waals surface area contributed by atoms with Gasteiger partial charge in [-0.1, -0.05) is 0 Å². The lowest BCUT2D eigenvalue weighted by atomic mass is 9.89. The number of halogens is 1. The number of ketones is 1. The van der Waals surface area contributed by atoms with Gasteiger partial charge in [0.2, 0.25) is 5.88 Å². The molecule has 0 atom stereocenters. The molecule has 2 heterocycles. The number of hydrogen-bond acceptors (Lipinski definition) is 5. The van der Waals surface area contributed by atoms with E-state index in [1.54, 1.807) is 12.1 Å². The third-order valence-electron chi connectivity index (χ3n) is 4.24. The molecule has 1 aromatic heterocycles. The zero-order valence-electron chi connectivity index (χ0n) is 13.6. The molecule has 1 aliphatic heterocycles. The van der Waals surface area contributed by atoms with Crippen LogP contribution >= 0.6 is 0 Å². The molecule has 126 valence electrons. The Morgan fingerprint density at radius 1 is 1.25 bits per heavy atom. The van der Waals surface area contributed by atoms with Crippen LogP contribution in [0.5, 0.6) is 5.88 Å². The topological polar surface area (TPSA) is 55.3 Å². The molecule has 24 heavy (non-hydrogen) atoms. The first kappa shape index (κ1) is 16.4. The van der Waals surface area contributed by atoms with Crippen LogP contribution in [0.2, 0.25) is 0 Å². The smallest absolute Gasteiger partial charge is 0.218 e. The maximum Gasteiger partial charge on any atom is 0.218 e.